The lowest BCUT2D eigenvalue weighted by Crippen LogP contribution is -2.62. The number of ether oxygens (including phenoxy) is 1. The molecule has 0 radical (unpaired) electrons. The van der Waals surface area contributed by atoms with Crippen molar-refractivity contribution in [3.8, 4) is 0 Å². The Balaban J connectivity index is 1.56. The molecule has 1 aromatic carbocycles. The second kappa shape index (κ2) is 5.47. The van der Waals surface area contributed by atoms with Crippen molar-refractivity contribution in [3.05, 3.63) is 35.9 Å². The number of carbonyl (C=O) groups excluding carboxylic acids is 1. The molecule has 2 saturated heterocycles. The molecule has 0 aromatic heterocycles. The van der Waals surface area contributed by atoms with Gasteiger partial charge in [-0.2, -0.15) is 0 Å². The van der Waals surface area contributed by atoms with Crippen LogP contribution in [0.5, 0.6) is 0 Å². The van der Waals surface area contributed by atoms with Crippen LogP contribution < -0.4 is 0 Å². The van der Waals surface area contributed by atoms with Gasteiger partial charge in [0.25, 0.3) is 0 Å². The first-order valence-corrected chi connectivity index (χ1v) is 9.50. The highest BCUT2D eigenvalue weighted by molar-refractivity contribution is 5.68. The van der Waals surface area contributed by atoms with Gasteiger partial charge in [-0.3, -0.25) is 4.90 Å². The van der Waals surface area contributed by atoms with E-state index in [9.17, 15) is 4.79 Å². The Labute approximate surface area is 151 Å². The molecule has 1 aromatic rings. The molecule has 1 amide bonds. The van der Waals surface area contributed by atoms with Crippen molar-refractivity contribution in [2.45, 2.75) is 64.3 Å². The molecule has 2 bridgehead atoms. The molecule has 25 heavy (non-hydrogen) atoms. The minimum Gasteiger partial charge on any atom is -0.444 e. The molecule has 2 heterocycles. The van der Waals surface area contributed by atoms with Crippen molar-refractivity contribution in [2.24, 2.45) is 11.8 Å². The number of rotatable bonds is 2. The molecule has 0 N–H and O–H groups in total. The van der Waals surface area contributed by atoms with Crippen LogP contribution in [0.25, 0.3) is 0 Å². The number of carbonyl (C=O) groups is 1. The second-order valence-electron chi connectivity index (χ2n) is 9.42. The van der Waals surface area contributed by atoms with Crippen molar-refractivity contribution in [3.63, 3.8) is 0 Å². The van der Waals surface area contributed by atoms with Crippen molar-refractivity contribution >= 4 is 6.09 Å². The third-order valence-corrected chi connectivity index (χ3v) is 6.19. The van der Waals surface area contributed by atoms with Crippen LogP contribution in [0.3, 0.4) is 0 Å². The Morgan fingerprint density at radius 1 is 1.00 bits per heavy atom. The maximum atomic E-state index is 12.6. The van der Waals surface area contributed by atoms with Gasteiger partial charge in [0.15, 0.2) is 0 Å². The van der Waals surface area contributed by atoms with Crippen molar-refractivity contribution in [1.29, 1.82) is 0 Å². The van der Waals surface area contributed by atoms with E-state index in [0.717, 1.165) is 24.9 Å². The van der Waals surface area contributed by atoms with Crippen LogP contribution in [-0.4, -0.2) is 46.7 Å². The molecule has 3 fully saturated rings. The normalized spacial score (nSPS) is 31.6. The molecule has 4 nitrogen and oxygen atoms in total. The fourth-order valence-electron chi connectivity index (χ4n) is 5.05. The largest absolute Gasteiger partial charge is 0.444 e. The molecule has 1 saturated carbocycles. The Morgan fingerprint density at radius 3 is 2.08 bits per heavy atom. The van der Waals surface area contributed by atoms with E-state index in [2.05, 4.69) is 49.1 Å². The van der Waals surface area contributed by atoms with E-state index >= 15 is 0 Å². The first-order valence-electron chi connectivity index (χ1n) is 9.50. The van der Waals surface area contributed by atoms with Gasteiger partial charge in [0.05, 0.1) is 0 Å². The Hall–Kier alpha value is -1.55. The van der Waals surface area contributed by atoms with Gasteiger partial charge in [0.1, 0.15) is 5.60 Å². The average molecular weight is 342 g/mol. The fourth-order valence-corrected chi connectivity index (χ4v) is 5.05. The van der Waals surface area contributed by atoms with Crippen LogP contribution in [0.15, 0.2) is 30.3 Å². The number of benzene rings is 1. The quantitative estimate of drug-likeness (QED) is 0.818. The summed E-state index contributed by atoms with van der Waals surface area (Å²) in [6.45, 7) is 12.1. The Kier molecular flexibility index (Phi) is 3.70. The zero-order valence-electron chi connectivity index (χ0n) is 16.0. The second-order valence-corrected chi connectivity index (χ2v) is 9.42. The third kappa shape index (κ3) is 2.84. The summed E-state index contributed by atoms with van der Waals surface area (Å²) in [6.07, 6.45) is 1.18. The summed E-state index contributed by atoms with van der Waals surface area (Å²) in [4.78, 5) is 17.2. The number of amides is 1. The van der Waals surface area contributed by atoms with Crippen molar-refractivity contribution in [2.75, 3.05) is 13.1 Å². The highest BCUT2D eigenvalue weighted by atomic mass is 16.6. The number of piperidine rings is 1. The summed E-state index contributed by atoms with van der Waals surface area (Å²) in [5, 5.41) is 0. The number of piperazine rings is 1. The molecule has 4 atom stereocenters. The number of nitrogens with zero attached hydrogens (tertiary/aromatic N) is 2. The van der Waals surface area contributed by atoms with Gasteiger partial charge in [0.2, 0.25) is 0 Å². The number of hydrogen-bond donors (Lipinski definition) is 0. The predicted molar refractivity (Wildman–Crippen MR) is 98.3 cm³/mol. The van der Waals surface area contributed by atoms with Gasteiger partial charge >= 0.3 is 6.09 Å². The van der Waals surface area contributed by atoms with Crippen molar-refractivity contribution in [1.82, 2.24) is 9.80 Å². The molecular formula is C21H30N2O2. The lowest BCUT2D eigenvalue weighted by Gasteiger charge is -2.51. The molecule has 0 unspecified atom stereocenters. The smallest absolute Gasteiger partial charge is 0.410 e. The van der Waals surface area contributed by atoms with Gasteiger partial charge in [-0.25, -0.2) is 4.79 Å². The lowest BCUT2D eigenvalue weighted by molar-refractivity contribution is -0.0405. The third-order valence-electron chi connectivity index (χ3n) is 6.19. The molecule has 136 valence electrons. The van der Waals surface area contributed by atoms with E-state index in [-0.39, 0.29) is 11.6 Å². The minimum atomic E-state index is -0.431. The summed E-state index contributed by atoms with van der Waals surface area (Å²) in [5.74, 6) is 1.50. The lowest BCUT2D eigenvalue weighted by atomic mass is 9.88. The van der Waals surface area contributed by atoms with Crippen molar-refractivity contribution < 1.29 is 9.53 Å². The first-order chi connectivity index (χ1) is 11.7. The summed E-state index contributed by atoms with van der Waals surface area (Å²) >= 11 is 0. The highest BCUT2D eigenvalue weighted by Gasteiger charge is 2.64. The van der Waals surface area contributed by atoms with Crippen LogP contribution in [0.2, 0.25) is 0 Å². The van der Waals surface area contributed by atoms with Gasteiger partial charge in [0, 0.05) is 30.7 Å². The molecular weight excluding hydrogens is 312 g/mol. The minimum absolute atomic E-state index is 0.00989. The number of hydrogen-bond acceptors (Lipinski definition) is 3. The topological polar surface area (TPSA) is 32.8 Å². The predicted octanol–water partition coefficient (Wildman–Crippen LogP) is 3.86. The van der Waals surface area contributed by atoms with Crippen LogP contribution >= 0.6 is 0 Å². The van der Waals surface area contributed by atoms with Gasteiger partial charge in [-0.05, 0) is 58.4 Å². The highest BCUT2D eigenvalue weighted by Crippen LogP contribution is 2.59. The average Bonchev–Trinajstić information content (AvgIpc) is 3.29. The van der Waals surface area contributed by atoms with Crippen LogP contribution in [0, 0.1) is 11.8 Å². The summed E-state index contributed by atoms with van der Waals surface area (Å²) in [7, 11) is 0. The molecule has 1 aliphatic carbocycles. The monoisotopic (exact) mass is 342 g/mol. The van der Waals surface area contributed by atoms with Crippen LogP contribution in [0.4, 0.5) is 4.79 Å². The van der Waals surface area contributed by atoms with E-state index in [1.54, 1.807) is 0 Å². The van der Waals surface area contributed by atoms with E-state index in [1.165, 1.54) is 12.0 Å². The fraction of sp³-hybridized carbons (Fsp3) is 0.667. The van der Waals surface area contributed by atoms with E-state index in [4.69, 9.17) is 4.74 Å². The zero-order chi connectivity index (χ0) is 18.0. The SMILES string of the molecule is CC(C)(C)OC(=O)N1C[C@@H]2[C@H]3C[C@H]3[C@H](C1)N2C(C)(C)c1ccccc1. The van der Waals surface area contributed by atoms with E-state index < -0.39 is 5.60 Å². The van der Waals surface area contributed by atoms with E-state index in [1.807, 2.05) is 25.7 Å². The standard InChI is InChI=1S/C21H30N2O2/c1-20(2,3)25-19(24)22-12-17-15-11-16(15)18(13-22)23(17)21(4,5)14-9-7-6-8-10-14/h6-10,15-18H,11-13H2,1-5H3/t15-,16+,17+,18-. The number of fused-ring (bicyclic) bond motifs is 5. The van der Waals surface area contributed by atoms with Crippen LogP contribution in [0.1, 0.15) is 46.6 Å². The summed E-state index contributed by atoms with van der Waals surface area (Å²) in [5.41, 5.74) is 0.917. The van der Waals surface area contributed by atoms with Crippen LogP contribution in [-0.2, 0) is 10.3 Å². The molecule has 4 heteroatoms. The Morgan fingerprint density at radius 2 is 1.56 bits per heavy atom. The zero-order valence-corrected chi connectivity index (χ0v) is 16.0. The number of likely N-dealkylation sites (tertiary alicyclic amines) is 1. The summed E-state index contributed by atoms with van der Waals surface area (Å²) in [6, 6.07) is 11.7. The molecule has 3 aliphatic rings. The maximum Gasteiger partial charge on any atom is 0.410 e. The van der Waals surface area contributed by atoms with Gasteiger partial charge < -0.3 is 9.64 Å². The molecule has 2 aliphatic heterocycles. The van der Waals surface area contributed by atoms with E-state index in [0.29, 0.717) is 12.1 Å². The maximum absolute atomic E-state index is 12.6. The molecule has 0 spiro atoms. The summed E-state index contributed by atoms with van der Waals surface area (Å²) < 4.78 is 5.63. The van der Waals surface area contributed by atoms with Gasteiger partial charge in [-0.15, -0.1) is 0 Å². The first kappa shape index (κ1) is 16.9. The molecule has 4 rings (SSSR count). The van der Waals surface area contributed by atoms with Gasteiger partial charge in [-0.1, -0.05) is 30.3 Å². The Bertz CT molecular complexity index is 646.